The molecule has 2 N–H and O–H groups in total. The minimum Gasteiger partial charge on any atom is -0.439 e. The molecule has 1 aromatic heterocycles. The Morgan fingerprint density at radius 2 is 1.89 bits per heavy atom. The molecular formula is C13H13ClF2N2O. The van der Waals surface area contributed by atoms with Crippen molar-refractivity contribution in [3.8, 4) is 11.6 Å². The third kappa shape index (κ3) is 3.87. The molecule has 1 aromatic carbocycles. The average Bonchev–Trinajstić information content (AvgIpc) is 2.34. The molecule has 0 saturated heterocycles. The highest BCUT2D eigenvalue weighted by molar-refractivity contribution is 5.85. The van der Waals surface area contributed by atoms with Crippen molar-refractivity contribution in [3.05, 3.63) is 53.7 Å². The van der Waals surface area contributed by atoms with Crippen LogP contribution in [0, 0.1) is 11.6 Å². The Hall–Kier alpha value is -1.72. The molecule has 0 bridgehead atoms. The zero-order valence-corrected chi connectivity index (χ0v) is 11.0. The van der Waals surface area contributed by atoms with Gasteiger partial charge in [0, 0.05) is 24.4 Å². The number of benzene rings is 1. The Morgan fingerprint density at radius 1 is 1.16 bits per heavy atom. The molecule has 2 aromatic rings. The SMILES string of the molecule is C[C@H](N)c1ccc(Oc2ccc(F)c(F)c2)nc1.Cl. The predicted molar refractivity (Wildman–Crippen MR) is 70.5 cm³/mol. The van der Waals surface area contributed by atoms with Crippen molar-refractivity contribution in [2.45, 2.75) is 13.0 Å². The van der Waals surface area contributed by atoms with E-state index in [0.717, 1.165) is 17.7 Å². The summed E-state index contributed by atoms with van der Waals surface area (Å²) in [6.07, 6.45) is 1.58. The predicted octanol–water partition coefficient (Wildman–Crippen LogP) is 3.59. The summed E-state index contributed by atoms with van der Waals surface area (Å²) in [6, 6.07) is 6.58. The van der Waals surface area contributed by atoms with E-state index in [4.69, 9.17) is 10.5 Å². The molecule has 0 aliphatic rings. The third-order valence-corrected chi connectivity index (χ3v) is 2.40. The summed E-state index contributed by atoms with van der Waals surface area (Å²) in [7, 11) is 0. The van der Waals surface area contributed by atoms with Crippen molar-refractivity contribution in [3.63, 3.8) is 0 Å². The molecule has 0 saturated carbocycles. The van der Waals surface area contributed by atoms with Gasteiger partial charge in [-0.2, -0.15) is 0 Å². The van der Waals surface area contributed by atoms with Crippen molar-refractivity contribution >= 4 is 12.4 Å². The summed E-state index contributed by atoms with van der Waals surface area (Å²) in [5.74, 6) is -1.39. The monoisotopic (exact) mass is 286 g/mol. The second kappa shape index (κ2) is 6.45. The fourth-order valence-corrected chi connectivity index (χ4v) is 1.38. The van der Waals surface area contributed by atoms with Crippen LogP contribution in [-0.2, 0) is 0 Å². The maximum Gasteiger partial charge on any atom is 0.219 e. The Bertz CT molecular complexity index is 547. The summed E-state index contributed by atoms with van der Waals surface area (Å²) in [4.78, 5) is 4.03. The van der Waals surface area contributed by atoms with Crippen LogP contribution in [0.1, 0.15) is 18.5 Å². The van der Waals surface area contributed by atoms with Gasteiger partial charge in [0.05, 0.1) is 0 Å². The van der Waals surface area contributed by atoms with Gasteiger partial charge in [0.2, 0.25) is 5.88 Å². The summed E-state index contributed by atoms with van der Waals surface area (Å²) in [6.45, 7) is 1.84. The van der Waals surface area contributed by atoms with Crippen LogP contribution in [0.4, 0.5) is 8.78 Å². The minimum atomic E-state index is -0.959. The molecule has 6 heteroatoms. The second-order valence-electron chi connectivity index (χ2n) is 3.90. The molecule has 0 spiro atoms. The number of rotatable bonds is 3. The van der Waals surface area contributed by atoms with Crippen LogP contribution in [0.25, 0.3) is 0 Å². The summed E-state index contributed by atoms with van der Waals surface area (Å²) in [5.41, 5.74) is 6.55. The lowest BCUT2D eigenvalue weighted by Gasteiger charge is -2.07. The molecule has 0 aliphatic heterocycles. The smallest absolute Gasteiger partial charge is 0.219 e. The number of hydrogen-bond donors (Lipinski definition) is 1. The quantitative estimate of drug-likeness (QED) is 0.938. The lowest BCUT2D eigenvalue weighted by Crippen LogP contribution is -2.05. The van der Waals surface area contributed by atoms with Gasteiger partial charge < -0.3 is 10.5 Å². The standard InChI is InChI=1S/C13H12F2N2O.ClH/c1-8(16)9-2-5-13(17-7-9)18-10-3-4-11(14)12(15)6-10;/h2-8H,16H2,1H3;1H/t8-;/m0./s1. The van der Waals surface area contributed by atoms with E-state index >= 15 is 0 Å². The highest BCUT2D eigenvalue weighted by Crippen LogP contribution is 2.22. The number of halogens is 3. The van der Waals surface area contributed by atoms with Gasteiger partial charge in [0.25, 0.3) is 0 Å². The minimum absolute atomic E-state index is 0. The number of aromatic nitrogens is 1. The highest BCUT2D eigenvalue weighted by Gasteiger charge is 2.05. The summed E-state index contributed by atoms with van der Waals surface area (Å²) in [5, 5.41) is 0. The lowest BCUT2D eigenvalue weighted by molar-refractivity contribution is 0.447. The molecule has 0 amide bonds. The van der Waals surface area contributed by atoms with Gasteiger partial charge in [-0.3, -0.25) is 0 Å². The normalized spacial score (nSPS) is 11.6. The van der Waals surface area contributed by atoms with Gasteiger partial charge in [-0.15, -0.1) is 12.4 Å². The summed E-state index contributed by atoms with van der Waals surface area (Å²) >= 11 is 0. The van der Waals surface area contributed by atoms with Gasteiger partial charge in [-0.1, -0.05) is 6.07 Å². The molecule has 0 fully saturated rings. The summed E-state index contributed by atoms with van der Waals surface area (Å²) < 4.78 is 31.0. The number of ether oxygens (including phenoxy) is 1. The van der Waals surface area contributed by atoms with Crippen molar-refractivity contribution in [2.75, 3.05) is 0 Å². The Balaban J connectivity index is 0.00000180. The van der Waals surface area contributed by atoms with E-state index in [-0.39, 0.29) is 24.2 Å². The second-order valence-corrected chi connectivity index (χ2v) is 3.90. The topological polar surface area (TPSA) is 48.1 Å². The largest absolute Gasteiger partial charge is 0.439 e. The first-order chi connectivity index (χ1) is 8.56. The van der Waals surface area contributed by atoms with E-state index in [1.807, 2.05) is 6.92 Å². The molecule has 19 heavy (non-hydrogen) atoms. The van der Waals surface area contributed by atoms with E-state index in [2.05, 4.69) is 4.98 Å². The van der Waals surface area contributed by atoms with Crippen LogP contribution in [-0.4, -0.2) is 4.98 Å². The molecule has 0 radical (unpaired) electrons. The first-order valence-electron chi connectivity index (χ1n) is 5.40. The van der Waals surface area contributed by atoms with Crippen LogP contribution in [0.2, 0.25) is 0 Å². The van der Waals surface area contributed by atoms with Crippen molar-refractivity contribution in [1.82, 2.24) is 4.98 Å². The number of nitrogens with two attached hydrogens (primary N) is 1. The fourth-order valence-electron chi connectivity index (χ4n) is 1.38. The van der Waals surface area contributed by atoms with Gasteiger partial charge >= 0.3 is 0 Å². The Kier molecular flexibility index (Phi) is 5.20. The maximum absolute atomic E-state index is 13.0. The van der Waals surface area contributed by atoms with Crippen LogP contribution in [0.5, 0.6) is 11.6 Å². The van der Waals surface area contributed by atoms with Crippen LogP contribution in [0.3, 0.4) is 0 Å². The van der Waals surface area contributed by atoms with Gasteiger partial charge in [-0.05, 0) is 24.6 Å². The van der Waals surface area contributed by atoms with Crippen LogP contribution >= 0.6 is 12.4 Å². The van der Waals surface area contributed by atoms with E-state index in [1.54, 1.807) is 18.3 Å². The molecule has 0 aliphatic carbocycles. The average molecular weight is 287 g/mol. The van der Waals surface area contributed by atoms with Crippen molar-refractivity contribution in [1.29, 1.82) is 0 Å². The Labute approximate surface area is 115 Å². The van der Waals surface area contributed by atoms with Crippen molar-refractivity contribution < 1.29 is 13.5 Å². The zero-order valence-electron chi connectivity index (χ0n) is 10.1. The van der Waals surface area contributed by atoms with Gasteiger partial charge in [-0.25, -0.2) is 13.8 Å². The number of hydrogen-bond acceptors (Lipinski definition) is 3. The molecule has 1 heterocycles. The van der Waals surface area contributed by atoms with E-state index < -0.39 is 11.6 Å². The fraction of sp³-hybridized carbons (Fsp3) is 0.154. The molecule has 3 nitrogen and oxygen atoms in total. The van der Waals surface area contributed by atoms with Crippen LogP contribution < -0.4 is 10.5 Å². The van der Waals surface area contributed by atoms with Crippen molar-refractivity contribution in [2.24, 2.45) is 5.73 Å². The molecular weight excluding hydrogens is 274 g/mol. The van der Waals surface area contributed by atoms with E-state index in [1.165, 1.54) is 6.07 Å². The first kappa shape index (κ1) is 15.3. The number of nitrogens with zero attached hydrogens (tertiary/aromatic N) is 1. The molecule has 102 valence electrons. The lowest BCUT2D eigenvalue weighted by atomic mass is 10.2. The van der Waals surface area contributed by atoms with E-state index in [9.17, 15) is 8.78 Å². The first-order valence-corrected chi connectivity index (χ1v) is 5.40. The van der Waals surface area contributed by atoms with Gasteiger partial charge in [0.15, 0.2) is 11.6 Å². The van der Waals surface area contributed by atoms with Gasteiger partial charge in [0.1, 0.15) is 5.75 Å². The molecule has 1 atom stereocenters. The highest BCUT2D eigenvalue weighted by atomic mass is 35.5. The maximum atomic E-state index is 13.0. The third-order valence-electron chi connectivity index (χ3n) is 2.40. The zero-order chi connectivity index (χ0) is 13.1. The molecule has 2 rings (SSSR count). The van der Waals surface area contributed by atoms with Crippen LogP contribution in [0.15, 0.2) is 36.5 Å². The van der Waals surface area contributed by atoms with E-state index in [0.29, 0.717) is 5.88 Å². The Morgan fingerprint density at radius 3 is 2.42 bits per heavy atom. The number of pyridine rings is 1. The molecule has 0 unspecified atom stereocenters.